The average molecular weight is 500 g/mol. The molecule has 0 radical (unpaired) electrons. The molecule has 0 saturated carbocycles. The number of aryl methyl sites for hydroxylation is 2. The zero-order valence-corrected chi connectivity index (χ0v) is 20.8. The van der Waals surface area contributed by atoms with Crippen LogP contribution in [0, 0.1) is 13.8 Å². The summed E-state index contributed by atoms with van der Waals surface area (Å²) in [5.74, 6) is 1.18. The molecule has 5 rings (SSSR count). The van der Waals surface area contributed by atoms with Gasteiger partial charge >= 0.3 is 0 Å². The summed E-state index contributed by atoms with van der Waals surface area (Å²) < 4.78 is 3.76. The highest BCUT2D eigenvalue weighted by Gasteiger charge is 2.12. The molecular weight excluding hydrogens is 474 g/mol. The van der Waals surface area contributed by atoms with Crippen LogP contribution in [0.2, 0.25) is 5.28 Å². The predicted octanol–water partition coefficient (Wildman–Crippen LogP) is 4.55. The van der Waals surface area contributed by atoms with Crippen LogP contribution in [-0.2, 0) is 19.6 Å². The molecule has 4 heterocycles. The van der Waals surface area contributed by atoms with Crippen molar-refractivity contribution >= 4 is 34.1 Å². The fraction of sp³-hybridized carbons (Fsp3) is 0.185. The monoisotopic (exact) mass is 499 g/mol. The molecule has 0 fully saturated rings. The lowest BCUT2D eigenvalue weighted by Crippen LogP contribution is -2.18. The molecule has 0 saturated heterocycles. The Hall–Kier alpha value is -4.17. The number of pyridine rings is 2. The molecule has 0 amide bonds. The van der Waals surface area contributed by atoms with E-state index in [-0.39, 0.29) is 10.8 Å². The number of nitrogens with two attached hydrogens (primary N) is 1. The number of hydrogen-bond donors (Lipinski definition) is 2. The van der Waals surface area contributed by atoms with Gasteiger partial charge < -0.3 is 20.2 Å². The fourth-order valence-corrected chi connectivity index (χ4v) is 4.52. The summed E-state index contributed by atoms with van der Waals surface area (Å²) in [6.45, 7) is 5.72. The maximum atomic E-state index is 12.0. The van der Waals surface area contributed by atoms with Crippen molar-refractivity contribution in [1.82, 2.24) is 24.1 Å². The molecule has 5 aromatic rings. The number of fused-ring (bicyclic) bond motifs is 1. The van der Waals surface area contributed by atoms with E-state index in [1.54, 1.807) is 22.9 Å². The maximum Gasteiger partial charge on any atom is 0.250 e. The highest BCUT2D eigenvalue weighted by molar-refractivity contribution is 6.28. The van der Waals surface area contributed by atoms with Gasteiger partial charge in [0.05, 0.1) is 17.4 Å². The Bertz CT molecular complexity index is 1580. The molecule has 3 N–H and O–H groups in total. The van der Waals surface area contributed by atoms with Gasteiger partial charge in [-0.25, -0.2) is 15.0 Å². The quantitative estimate of drug-likeness (QED) is 0.318. The van der Waals surface area contributed by atoms with Crippen LogP contribution >= 0.6 is 11.6 Å². The Morgan fingerprint density at radius 2 is 1.72 bits per heavy atom. The zero-order valence-electron chi connectivity index (χ0n) is 20.1. The minimum Gasteiger partial charge on any atom is -0.384 e. The van der Waals surface area contributed by atoms with E-state index in [1.165, 1.54) is 0 Å². The smallest absolute Gasteiger partial charge is 0.250 e. The van der Waals surface area contributed by atoms with Gasteiger partial charge in [0.25, 0.3) is 5.56 Å². The highest BCUT2D eigenvalue weighted by atomic mass is 35.5. The van der Waals surface area contributed by atoms with Gasteiger partial charge in [-0.1, -0.05) is 30.3 Å². The summed E-state index contributed by atoms with van der Waals surface area (Å²) >= 11 is 6.23. The third-order valence-electron chi connectivity index (χ3n) is 6.18. The van der Waals surface area contributed by atoms with Crippen molar-refractivity contribution in [3.8, 4) is 0 Å². The molecule has 8 nitrogen and oxygen atoms in total. The Balaban J connectivity index is 1.34. The Morgan fingerprint density at radius 3 is 2.44 bits per heavy atom. The van der Waals surface area contributed by atoms with E-state index in [4.69, 9.17) is 17.3 Å². The van der Waals surface area contributed by atoms with Gasteiger partial charge in [-0.05, 0) is 59.8 Å². The van der Waals surface area contributed by atoms with Crippen LogP contribution in [0.4, 0.5) is 11.6 Å². The van der Waals surface area contributed by atoms with Gasteiger partial charge in [0.15, 0.2) is 0 Å². The minimum atomic E-state index is -0.0113. The number of rotatable bonds is 7. The molecule has 4 aromatic heterocycles. The van der Waals surface area contributed by atoms with Crippen molar-refractivity contribution in [2.75, 3.05) is 11.1 Å². The average Bonchev–Trinajstić information content (AvgIpc) is 3.23. The first-order valence-electron chi connectivity index (χ1n) is 11.6. The minimum absolute atomic E-state index is 0.0113. The molecule has 0 bridgehead atoms. The van der Waals surface area contributed by atoms with Crippen molar-refractivity contribution in [1.29, 1.82) is 0 Å². The van der Waals surface area contributed by atoms with Crippen LogP contribution < -0.4 is 16.6 Å². The number of nitrogen functional groups attached to an aromatic ring is 1. The summed E-state index contributed by atoms with van der Waals surface area (Å²) in [7, 11) is 0. The van der Waals surface area contributed by atoms with Crippen molar-refractivity contribution in [2.24, 2.45) is 0 Å². The Labute approximate surface area is 213 Å². The van der Waals surface area contributed by atoms with E-state index in [1.807, 2.05) is 50.5 Å². The number of halogens is 1. The van der Waals surface area contributed by atoms with Crippen LogP contribution in [-0.4, -0.2) is 24.1 Å². The molecule has 0 unspecified atom stereocenters. The number of hydrogen-bond acceptors (Lipinski definition) is 6. The standard InChI is InChI=1S/C27H26ClN7O/c1-17-11-24(29)31-18(2)21(17)12-30-26-22-15-34(16-23(22)32-27(28)33-26)13-19-6-8-20(9-7-19)14-35-10-4-3-5-25(35)36/h3-11,15-16H,12-14H2,1-2H3,(H2,29,31)(H,30,32,33). The van der Waals surface area contributed by atoms with Gasteiger partial charge in [0.2, 0.25) is 5.28 Å². The predicted molar refractivity (Wildman–Crippen MR) is 143 cm³/mol. The molecule has 9 heteroatoms. The molecule has 0 atom stereocenters. The van der Waals surface area contributed by atoms with E-state index in [0.29, 0.717) is 31.3 Å². The normalized spacial score (nSPS) is 11.2. The summed E-state index contributed by atoms with van der Waals surface area (Å²) in [5, 5.41) is 4.48. The topological polar surface area (TPSA) is 104 Å². The van der Waals surface area contributed by atoms with Crippen molar-refractivity contribution in [3.63, 3.8) is 0 Å². The van der Waals surface area contributed by atoms with Crippen LogP contribution in [0.15, 0.2) is 71.9 Å². The summed E-state index contributed by atoms with van der Waals surface area (Å²) in [4.78, 5) is 25.2. The number of benzene rings is 1. The van der Waals surface area contributed by atoms with Crippen LogP contribution in [0.25, 0.3) is 10.9 Å². The molecule has 0 aliphatic heterocycles. The third kappa shape index (κ3) is 5.08. The fourth-order valence-electron chi connectivity index (χ4n) is 4.35. The van der Waals surface area contributed by atoms with Crippen molar-refractivity contribution < 1.29 is 0 Å². The molecule has 36 heavy (non-hydrogen) atoms. The van der Waals surface area contributed by atoms with Gasteiger partial charge in [-0.15, -0.1) is 0 Å². The van der Waals surface area contributed by atoms with E-state index in [0.717, 1.165) is 38.9 Å². The summed E-state index contributed by atoms with van der Waals surface area (Å²) in [6.07, 6.45) is 5.78. The third-order valence-corrected chi connectivity index (χ3v) is 6.35. The van der Waals surface area contributed by atoms with Crippen LogP contribution in [0.3, 0.4) is 0 Å². The summed E-state index contributed by atoms with van der Waals surface area (Å²) in [5.41, 5.74) is 11.8. The number of anilines is 2. The lowest BCUT2D eigenvalue weighted by molar-refractivity contribution is 0.757. The van der Waals surface area contributed by atoms with E-state index in [2.05, 4.69) is 37.0 Å². The lowest BCUT2D eigenvalue weighted by atomic mass is 10.1. The van der Waals surface area contributed by atoms with E-state index >= 15 is 0 Å². The largest absolute Gasteiger partial charge is 0.384 e. The molecule has 1 aromatic carbocycles. The van der Waals surface area contributed by atoms with Crippen molar-refractivity contribution in [2.45, 2.75) is 33.5 Å². The molecule has 182 valence electrons. The molecule has 0 aliphatic carbocycles. The first kappa shape index (κ1) is 23.6. The molecular formula is C27H26ClN7O. The van der Waals surface area contributed by atoms with Crippen molar-refractivity contribution in [3.05, 3.63) is 111 Å². The van der Waals surface area contributed by atoms with Crippen LogP contribution in [0.5, 0.6) is 0 Å². The van der Waals surface area contributed by atoms with E-state index < -0.39 is 0 Å². The number of nitrogens with one attached hydrogen (secondary N) is 1. The lowest BCUT2D eigenvalue weighted by Gasteiger charge is -2.12. The first-order valence-corrected chi connectivity index (χ1v) is 12.0. The number of nitrogens with zero attached hydrogens (tertiary/aromatic N) is 5. The van der Waals surface area contributed by atoms with Crippen LogP contribution in [0.1, 0.15) is 27.9 Å². The molecule has 0 spiro atoms. The highest BCUT2D eigenvalue weighted by Crippen LogP contribution is 2.25. The van der Waals surface area contributed by atoms with Gasteiger partial charge in [0, 0.05) is 43.4 Å². The zero-order chi connectivity index (χ0) is 25.2. The summed E-state index contributed by atoms with van der Waals surface area (Å²) in [6, 6.07) is 15.3. The molecule has 0 aliphatic rings. The van der Waals surface area contributed by atoms with Gasteiger partial charge in [0.1, 0.15) is 11.6 Å². The van der Waals surface area contributed by atoms with Gasteiger partial charge in [-0.3, -0.25) is 4.79 Å². The van der Waals surface area contributed by atoms with E-state index in [9.17, 15) is 4.79 Å². The second-order valence-corrected chi connectivity index (χ2v) is 9.17. The first-order chi connectivity index (χ1) is 17.4. The Morgan fingerprint density at radius 1 is 0.972 bits per heavy atom. The maximum absolute atomic E-state index is 12.0. The Kier molecular flexibility index (Phi) is 6.43. The van der Waals surface area contributed by atoms with Gasteiger partial charge in [-0.2, -0.15) is 0 Å². The number of aromatic nitrogens is 5. The second kappa shape index (κ2) is 9.83. The second-order valence-electron chi connectivity index (χ2n) is 8.84. The SMILES string of the molecule is Cc1cc(N)nc(C)c1CNc1nc(Cl)nc2cn(Cc3ccc(Cn4ccccc4=O)cc3)cc12.